The molecule has 30 nitrogen and oxygen atoms in total. The fraction of sp³-hybridized carbons (Fsp3) is 0.538. The number of fused-ring (bicyclic) bond motifs is 1. The van der Waals surface area contributed by atoms with E-state index in [1.54, 1.807) is 34.7 Å². The Balaban J connectivity index is 1.43. The summed E-state index contributed by atoms with van der Waals surface area (Å²) in [5, 5.41) is 58.6. The Hall–Kier alpha value is -8.59. The lowest BCUT2D eigenvalue weighted by Gasteiger charge is -2.31. The number of Topliss-reactive ketones (excluding diaryl/α,β-unsaturated/α-hetero) is 1. The number of benzene rings is 2. The number of hydrogen-bond donors (Lipinski definition) is 15. The summed E-state index contributed by atoms with van der Waals surface area (Å²) in [5.41, 5.74) is 1.68. The molecule has 2 aliphatic heterocycles. The first-order chi connectivity index (χ1) is 46.5. The highest BCUT2D eigenvalue weighted by Crippen LogP contribution is 2.28. The molecule has 0 radical (unpaired) electrons. The van der Waals surface area contributed by atoms with Gasteiger partial charge in [0.2, 0.25) is 59.1 Å². The second-order valence-electron chi connectivity index (χ2n) is 25.3. The van der Waals surface area contributed by atoms with Gasteiger partial charge in [0.1, 0.15) is 60.1 Å². The van der Waals surface area contributed by atoms with Gasteiger partial charge in [-0.2, -0.15) is 0 Å². The number of aliphatic hydroxyl groups excluding tert-OH is 1. The summed E-state index contributed by atoms with van der Waals surface area (Å²) in [6, 6.07) is -2.91. The van der Waals surface area contributed by atoms with Crippen LogP contribution in [0.3, 0.4) is 0 Å². The number of hydrogen-bond acceptors (Lipinski definition) is 19. The van der Waals surface area contributed by atoms with Gasteiger partial charge in [0.25, 0.3) is 0 Å². The topological polar surface area (TPSA) is 446 Å². The molecular formula is C65H90ClN15O15S2. The molecule has 534 valence electrons. The molecule has 0 saturated carbocycles. The highest BCUT2D eigenvalue weighted by atomic mass is 35.5. The molecule has 6 rings (SSSR count). The number of phenols is 1. The van der Waals surface area contributed by atoms with Crippen molar-refractivity contribution in [3.05, 3.63) is 101 Å². The number of imidazole rings is 2. The number of aromatic nitrogens is 4. The summed E-state index contributed by atoms with van der Waals surface area (Å²) in [7, 11) is 3.39. The third-order valence-corrected chi connectivity index (χ3v) is 19.3. The molecule has 2 aromatic carbocycles. The summed E-state index contributed by atoms with van der Waals surface area (Å²) < 4.78 is 0. The van der Waals surface area contributed by atoms with E-state index in [1.807, 2.05) is 44.2 Å². The van der Waals surface area contributed by atoms with Gasteiger partial charge in [-0.05, 0) is 74.2 Å². The van der Waals surface area contributed by atoms with Gasteiger partial charge < -0.3 is 83.4 Å². The lowest BCUT2D eigenvalue weighted by Crippen LogP contribution is -2.62. The molecule has 0 spiro atoms. The van der Waals surface area contributed by atoms with Crippen LogP contribution in [0.4, 0.5) is 0 Å². The number of carbonyl (C=O) groups is 12. The Morgan fingerprint density at radius 3 is 1.86 bits per heavy atom. The van der Waals surface area contributed by atoms with Gasteiger partial charge >= 0.3 is 5.97 Å². The summed E-state index contributed by atoms with van der Waals surface area (Å²) in [4.78, 5) is 187. The molecule has 2 aliphatic rings. The Morgan fingerprint density at radius 2 is 1.28 bits per heavy atom. The molecule has 2 fully saturated rings. The zero-order valence-electron chi connectivity index (χ0n) is 55.9. The highest BCUT2D eigenvalue weighted by molar-refractivity contribution is 8.76. The molecule has 0 bridgehead atoms. The van der Waals surface area contributed by atoms with E-state index in [1.165, 1.54) is 50.2 Å². The monoisotopic (exact) mass is 1420 g/mol. The predicted octanol–water partition coefficient (Wildman–Crippen LogP) is 0.272. The first-order valence-corrected chi connectivity index (χ1v) is 35.2. The van der Waals surface area contributed by atoms with Crippen molar-refractivity contribution in [3.63, 3.8) is 0 Å². The number of aromatic hydroxyl groups is 1. The summed E-state index contributed by atoms with van der Waals surface area (Å²) in [6.45, 7) is 11.6. The molecule has 33 heteroatoms. The average molecular weight is 1420 g/mol. The van der Waals surface area contributed by atoms with Crippen LogP contribution in [0, 0.1) is 17.8 Å². The standard InChI is InChI=1S/C65H90ClN15O15S2/c1-9-35(6)55(64(95)72-43(36(7)82)17-33(2)3)80-61(92)48(23-40-27-69-32-71-40)75-62(93)50-29-97-98-30-51(79-59(90)47(22-39-26-68-31-70-39)74-56(87)44(67-8)20-37-13-11-10-12-14-37)65(96)81-28-41(83)24-52(81)63(94)77-46(21-38-15-16-53(84)42(66)19-38)58(89)76-49(25-54(85)86)60(91)73-45(18-34(4)5)57(88)78-50/h10-16,19,26-27,31-35,41,43-52,55,67,83-84H,9,17-18,20-25,28-30H2,1-8H3,(H,68,70)(H,69,71)(H,72,95)(H,73,91)(H,74,87)(H,75,93)(H,76,89)(H,77,94)(H,78,88)(H,79,90)(H,80,92)(H,85,86)/t35?,41-,43+,44+,45+,46+,47+,48+,49+,50+,51+,52?,55+/m1/s1. The average Bonchev–Trinajstić information content (AvgIpc) is 1.61. The SMILES string of the molecule is CCC(C)[C@H](NC(=O)[C@H](Cc1c[nH]cn1)NC(=O)[C@@H]1CSSC[C@H](NC(=O)[C@H](Cc2c[nH]cn2)NC(=O)[C@H](Cc2ccccc2)NC)C(=O)N2C[C@H](O)CC2C(=O)N[C@@H](Cc2ccc(O)c(Cl)c2)C(=O)N[C@@H](CC(=O)O)C(=O)N[C@@H](CC(C)C)C(=O)N1)C(=O)N[C@@H](CC(C)C)C(C)=O. The van der Waals surface area contributed by atoms with E-state index in [-0.39, 0.29) is 76.8 Å². The van der Waals surface area contributed by atoms with Crippen molar-refractivity contribution < 1.29 is 72.9 Å². The number of nitrogens with one attached hydrogen (secondary N) is 12. The van der Waals surface area contributed by atoms with Gasteiger partial charge in [0, 0.05) is 56.1 Å². The number of likely N-dealkylation sites (N-methyl/N-ethyl adjacent to an activating group) is 1. The molecule has 4 aromatic rings. The fourth-order valence-corrected chi connectivity index (χ4v) is 13.6. The molecule has 0 aliphatic carbocycles. The Morgan fingerprint density at radius 1 is 0.684 bits per heavy atom. The maximum atomic E-state index is 15.4. The zero-order chi connectivity index (χ0) is 71.9. The smallest absolute Gasteiger partial charge is 0.305 e. The number of carboxylic acids is 1. The number of aliphatic hydroxyl groups is 1. The van der Waals surface area contributed by atoms with Crippen molar-refractivity contribution in [1.82, 2.24) is 78.0 Å². The number of aliphatic carboxylic acids is 1. The molecule has 2 aromatic heterocycles. The molecule has 13 atom stereocenters. The fourth-order valence-electron chi connectivity index (χ4n) is 11.0. The van der Waals surface area contributed by atoms with E-state index in [0.29, 0.717) is 18.5 Å². The minimum atomic E-state index is -1.95. The van der Waals surface area contributed by atoms with Crippen molar-refractivity contribution in [2.75, 3.05) is 25.1 Å². The van der Waals surface area contributed by atoms with Crippen LogP contribution in [0.2, 0.25) is 5.02 Å². The lowest BCUT2D eigenvalue weighted by atomic mass is 9.95. The van der Waals surface area contributed by atoms with Crippen LogP contribution in [0.25, 0.3) is 0 Å². The first-order valence-electron chi connectivity index (χ1n) is 32.4. The molecule has 2 saturated heterocycles. The van der Waals surface area contributed by atoms with Crippen LogP contribution < -0.4 is 53.2 Å². The zero-order valence-corrected chi connectivity index (χ0v) is 58.2. The third kappa shape index (κ3) is 23.9. The van der Waals surface area contributed by atoms with Gasteiger partial charge in [-0.15, -0.1) is 0 Å². The Labute approximate surface area is 580 Å². The van der Waals surface area contributed by atoms with Crippen molar-refractivity contribution in [3.8, 4) is 5.75 Å². The van der Waals surface area contributed by atoms with Crippen LogP contribution in [0.5, 0.6) is 5.75 Å². The number of ketones is 1. The van der Waals surface area contributed by atoms with E-state index >= 15 is 9.59 Å². The first kappa shape index (κ1) is 78.4. The van der Waals surface area contributed by atoms with Crippen molar-refractivity contribution >= 4 is 104 Å². The minimum absolute atomic E-state index is 0.0155. The van der Waals surface area contributed by atoms with E-state index < -0.39 is 169 Å². The van der Waals surface area contributed by atoms with Crippen LogP contribution >= 0.6 is 33.2 Å². The number of H-pyrrole nitrogens is 2. The third-order valence-electron chi connectivity index (χ3n) is 16.6. The van der Waals surface area contributed by atoms with E-state index in [2.05, 4.69) is 73.1 Å². The Kier molecular flexibility index (Phi) is 30.4. The van der Waals surface area contributed by atoms with E-state index in [4.69, 9.17) is 11.6 Å². The normalized spacial score (nSPS) is 21.7. The molecule has 98 heavy (non-hydrogen) atoms. The van der Waals surface area contributed by atoms with Crippen molar-refractivity contribution in [2.45, 2.75) is 179 Å². The maximum absolute atomic E-state index is 15.4. The summed E-state index contributed by atoms with van der Waals surface area (Å²) in [6.07, 6.45) is 2.78. The molecule has 2 unspecified atom stereocenters. The quantitative estimate of drug-likeness (QED) is 0.0339. The second kappa shape index (κ2) is 38.0. The number of halogens is 1. The van der Waals surface area contributed by atoms with Crippen LogP contribution in [0.1, 0.15) is 103 Å². The number of carbonyl (C=O) groups excluding carboxylic acids is 11. The number of carboxylic acid groups (broad SMARTS) is 1. The second-order valence-corrected chi connectivity index (χ2v) is 28.3. The van der Waals surface area contributed by atoms with E-state index in [0.717, 1.165) is 32.1 Å². The summed E-state index contributed by atoms with van der Waals surface area (Å²) in [5.74, 6) is -13.0. The molecule has 15 N–H and O–H groups in total. The number of nitrogens with zero attached hydrogens (tertiary/aromatic N) is 3. The van der Waals surface area contributed by atoms with Crippen LogP contribution in [-0.2, 0) is 83.2 Å². The lowest BCUT2D eigenvalue weighted by molar-refractivity contribution is -0.142. The minimum Gasteiger partial charge on any atom is -0.506 e. The maximum Gasteiger partial charge on any atom is 0.305 e. The highest BCUT2D eigenvalue weighted by Gasteiger charge is 2.44. The van der Waals surface area contributed by atoms with Gasteiger partial charge in [-0.3, -0.25) is 57.5 Å². The van der Waals surface area contributed by atoms with E-state index in [9.17, 15) is 63.3 Å². The van der Waals surface area contributed by atoms with Gasteiger partial charge in [0.05, 0.1) is 53.7 Å². The molecular weight excluding hydrogens is 1330 g/mol. The largest absolute Gasteiger partial charge is 0.506 e. The van der Waals surface area contributed by atoms with Crippen molar-refractivity contribution in [1.29, 1.82) is 0 Å². The van der Waals surface area contributed by atoms with Gasteiger partial charge in [0.15, 0.2) is 5.78 Å². The number of rotatable bonds is 28. The summed E-state index contributed by atoms with van der Waals surface area (Å²) >= 11 is 6.27. The van der Waals surface area contributed by atoms with Gasteiger partial charge in [-0.1, -0.05) is 118 Å². The van der Waals surface area contributed by atoms with Crippen LogP contribution in [-0.4, -0.2) is 209 Å². The number of amides is 10. The van der Waals surface area contributed by atoms with Gasteiger partial charge in [-0.25, -0.2) is 9.97 Å². The molecule has 10 amide bonds. The van der Waals surface area contributed by atoms with Crippen molar-refractivity contribution in [2.24, 2.45) is 17.8 Å². The number of phenolic OH excluding ortho intramolecular Hbond substituents is 1. The predicted molar refractivity (Wildman–Crippen MR) is 364 cm³/mol. The Bertz CT molecular complexity index is 3410. The molecule has 4 heterocycles. The number of aromatic amines is 2. The van der Waals surface area contributed by atoms with Crippen LogP contribution in [0.15, 0.2) is 73.6 Å².